The lowest BCUT2D eigenvalue weighted by atomic mass is 9.92. The molecule has 0 heterocycles. The van der Waals surface area contributed by atoms with Crippen LogP contribution in [-0.4, -0.2) is 11.3 Å². The Hall–Kier alpha value is -3.32. The Balaban J connectivity index is 2.20. The quantitative estimate of drug-likeness (QED) is 0.207. The smallest absolute Gasteiger partial charge is 0.288 e. The van der Waals surface area contributed by atoms with Crippen molar-refractivity contribution in [2.45, 2.75) is 33.1 Å². The number of halogens is 6. The number of alkyl halides is 6. The van der Waals surface area contributed by atoms with Crippen molar-refractivity contribution >= 4 is 24.4 Å². The van der Waals surface area contributed by atoms with Crippen molar-refractivity contribution in [1.82, 2.24) is 0 Å². The Morgan fingerprint density at radius 2 is 1.20 bits per heavy atom. The molecule has 1 atom stereocenters. The zero-order valence-corrected chi connectivity index (χ0v) is 19.5. The molecule has 0 amide bonds. The van der Waals surface area contributed by atoms with Crippen molar-refractivity contribution in [1.29, 1.82) is 0 Å². The van der Waals surface area contributed by atoms with Gasteiger partial charge < -0.3 is 0 Å². The van der Waals surface area contributed by atoms with Gasteiger partial charge in [-0.15, -0.1) is 0 Å². The minimum absolute atomic E-state index is 0.239. The van der Waals surface area contributed by atoms with Crippen LogP contribution in [-0.2, 0) is 16.9 Å². The van der Waals surface area contributed by atoms with Gasteiger partial charge in [0, 0.05) is 5.56 Å². The number of hydrogen-bond acceptors (Lipinski definition) is 3. The van der Waals surface area contributed by atoms with Gasteiger partial charge in [0.05, 0.1) is 22.3 Å². The normalized spacial score (nSPS) is 12.4. The molecule has 0 bridgehead atoms. The lowest BCUT2D eigenvalue weighted by Gasteiger charge is -2.15. The highest BCUT2D eigenvalue weighted by Crippen LogP contribution is 2.43. The lowest BCUT2D eigenvalue weighted by Crippen LogP contribution is -2.22. The fourth-order valence-electron chi connectivity index (χ4n) is 3.74. The topological polar surface area (TPSA) is 51.2 Å². The van der Waals surface area contributed by atoms with Gasteiger partial charge in [-0.05, 0) is 61.7 Å². The van der Waals surface area contributed by atoms with E-state index in [9.17, 15) is 40.5 Å². The Bertz CT molecular complexity index is 1320. The van der Waals surface area contributed by atoms with Gasteiger partial charge in [0.25, 0.3) is 0 Å². The SMILES string of the molecule is Cc1ccc(C)c(C(=O)c2ccccc2[P+](=O)C(=O)c2c(C(F)(F)F)cccc2C(F)(F)F)c1C. The van der Waals surface area contributed by atoms with Gasteiger partial charge in [-0.25, -0.2) is 4.79 Å². The van der Waals surface area contributed by atoms with Gasteiger partial charge >= 0.3 is 25.7 Å². The number of ketones is 1. The molecule has 0 saturated heterocycles. The highest BCUT2D eigenvalue weighted by Gasteiger charge is 2.49. The fourth-order valence-corrected chi connectivity index (χ4v) is 5.02. The Morgan fingerprint density at radius 3 is 1.74 bits per heavy atom. The molecule has 0 radical (unpaired) electrons. The summed E-state index contributed by atoms with van der Waals surface area (Å²) >= 11 is 0. The maximum absolute atomic E-state index is 13.5. The van der Waals surface area contributed by atoms with Gasteiger partial charge in [-0.1, -0.05) is 34.9 Å². The van der Waals surface area contributed by atoms with Crippen LogP contribution in [0, 0.1) is 20.8 Å². The minimum atomic E-state index is -5.31. The molecule has 182 valence electrons. The molecule has 0 aliphatic heterocycles. The van der Waals surface area contributed by atoms with Crippen LogP contribution in [0.4, 0.5) is 26.3 Å². The van der Waals surface area contributed by atoms with Crippen molar-refractivity contribution < 1.29 is 40.5 Å². The molecule has 3 aromatic rings. The van der Waals surface area contributed by atoms with E-state index in [-0.39, 0.29) is 11.1 Å². The second-order valence-corrected chi connectivity index (χ2v) is 9.35. The van der Waals surface area contributed by atoms with Gasteiger partial charge in [0.2, 0.25) is 5.30 Å². The molecule has 0 fully saturated rings. The first kappa shape index (κ1) is 26.3. The summed E-state index contributed by atoms with van der Waals surface area (Å²) in [5, 5.41) is -0.442. The van der Waals surface area contributed by atoms with Crippen LogP contribution in [0.25, 0.3) is 0 Å². The predicted molar refractivity (Wildman–Crippen MR) is 119 cm³/mol. The van der Waals surface area contributed by atoms with E-state index in [1.807, 2.05) is 0 Å². The predicted octanol–water partition coefficient (Wildman–Crippen LogP) is 7.17. The Kier molecular flexibility index (Phi) is 7.04. The molecule has 0 aliphatic carbocycles. The molecule has 3 aromatic carbocycles. The highest BCUT2D eigenvalue weighted by molar-refractivity contribution is 7.71. The Morgan fingerprint density at radius 1 is 0.686 bits per heavy atom. The summed E-state index contributed by atoms with van der Waals surface area (Å²) in [6.07, 6.45) is -10.6. The van der Waals surface area contributed by atoms with Crippen LogP contribution in [0.3, 0.4) is 0 Å². The molecule has 3 nitrogen and oxygen atoms in total. The standard InChI is InChI=1S/C25H18F6O3P/c1-13-11-12-14(2)20(15(13)3)22(32)16-7-4-5-10-19(16)35(34)23(33)21-17(24(26,27)28)8-6-9-18(21)25(29,30)31/h4-12H,1-3H3/q+1. The number of rotatable bonds is 5. The molecule has 0 aromatic heterocycles. The third-order valence-corrected chi connectivity index (χ3v) is 7.03. The van der Waals surface area contributed by atoms with Crippen molar-refractivity contribution in [3.05, 3.63) is 99.1 Å². The fraction of sp³-hybridized carbons (Fsp3) is 0.200. The van der Waals surface area contributed by atoms with Crippen molar-refractivity contribution in [2.75, 3.05) is 0 Å². The van der Waals surface area contributed by atoms with E-state index >= 15 is 0 Å². The number of aryl methyl sites for hydroxylation is 2. The van der Waals surface area contributed by atoms with Crippen molar-refractivity contribution in [3.8, 4) is 0 Å². The Labute approximate surface area is 197 Å². The molecule has 10 heteroatoms. The molecular formula is C25H18F6O3P+. The number of carbonyl (C=O) groups excluding carboxylic acids is 2. The van der Waals surface area contributed by atoms with E-state index in [1.165, 1.54) is 18.2 Å². The molecule has 1 unspecified atom stereocenters. The summed E-state index contributed by atoms with van der Waals surface area (Å²) in [7, 11) is -3.52. The first-order valence-corrected chi connectivity index (χ1v) is 11.4. The van der Waals surface area contributed by atoms with Gasteiger partial charge in [0.15, 0.2) is 5.78 Å². The molecule has 0 aliphatic rings. The zero-order valence-electron chi connectivity index (χ0n) is 18.6. The number of carbonyl (C=O) groups is 2. The summed E-state index contributed by atoms with van der Waals surface area (Å²) < 4.78 is 94.4. The molecule has 0 N–H and O–H groups in total. The first-order chi connectivity index (χ1) is 16.2. The van der Waals surface area contributed by atoms with E-state index in [1.54, 1.807) is 32.9 Å². The molecule has 3 rings (SSSR count). The van der Waals surface area contributed by atoms with Crippen molar-refractivity contribution in [3.63, 3.8) is 0 Å². The number of hydrogen-bond donors (Lipinski definition) is 0. The van der Waals surface area contributed by atoms with Gasteiger partial charge in [0.1, 0.15) is 0 Å². The van der Waals surface area contributed by atoms with E-state index in [0.29, 0.717) is 29.3 Å². The van der Waals surface area contributed by atoms with Crippen LogP contribution < -0.4 is 5.30 Å². The molecular weight excluding hydrogens is 493 g/mol. The molecule has 0 saturated carbocycles. The van der Waals surface area contributed by atoms with Crippen LogP contribution in [0.15, 0.2) is 54.6 Å². The maximum Gasteiger partial charge on any atom is 0.459 e. The second-order valence-electron chi connectivity index (χ2n) is 7.87. The molecule has 0 spiro atoms. The molecule has 35 heavy (non-hydrogen) atoms. The first-order valence-electron chi connectivity index (χ1n) is 10.2. The van der Waals surface area contributed by atoms with Gasteiger partial charge in [-0.2, -0.15) is 26.3 Å². The third kappa shape index (κ3) is 5.05. The van der Waals surface area contributed by atoms with E-state index < -0.39 is 53.5 Å². The summed E-state index contributed by atoms with van der Waals surface area (Å²) in [6.45, 7) is 5.09. The van der Waals surface area contributed by atoms with Crippen molar-refractivity contribution in [2.24, 2.45) is 0 Å². The second kappa shape index (κ2) is 9.38. The lowest BCUT2D eigenvalue weighted by molar-refractivity contribution is -0.143. The van der Waals surface area contributed by atoms with Crippen LogP contribution in [0.2, 0.25) is 0 Å². The van der Waals surface area contributed by atoms with E-state index in [2.05, 4.69) is 0 Å². The van der Waals surface area contributed by atoms with Crippen LogP contribution >= 0.6 is 7.80 Å². The maximum atomic E-state index is 13.5. The summed E-state index contributed by atoms with van der Waals surface area (Å²) in [5.41, 5.74) is -5.35. The summed E-state index contributed by atoms with van der Waals surface area (Å²) in [6, 6.07) is 9.65. The van der Waals surface area contributed by atoms with Crippen LogP contribution in [0.1, 0.15) is 54.1 Å². The largest absolute Gasteiger partial charge is 0.459 e. The van der Waals surface area contributed by atoms with E-state index in [4.69, 9.17) is 0 Å². The minimum Gasteiger partial charge on any atom is -0.288 e. The summed E-state index contributed by atoms with van der Waals surface area (Å²) in [5.74, 6) is -0.643. The zero-order chi connectivity index (χ0) is 26.3. The summed E-state index contributed by atoms with van der Waals surface area (Å²) in [4.78, 5) is 26.4. The van der Waals surface area contributed by atoms with E-state index in [0.717, 1.165) is 11.6 Å². The van der Waals surface area contributed by atoms with Crippen LogP contribution in [0.5, 0.6) is 0 Å². The van der Waals surface area contributed by atoms with Gasteiger partial charge in [-0.3, -0.25) is 4.79 Å². The number of benzene rings is 3. The average molecular weight is 511 g/mol. The third-order valence-electron chi connectivity index (χ3n) is 5.61. The highest BCUT2D eigenvalue weighted by atomic mass is 31.1. The average Bonchev–Trinajstić information content (AvgIpc) is 2.79. The monoisotopic (exact) mass is 511 g/mol.